The van der Waals surface area contributed by atoms with Crippen LogP contribution in [0, 0.1) is 0 Å². The fourth-order valence-electron chi connectivity index (χ4n) is 2.28. The van der Waals surface area contributed by atoms with Crippen LogP contribution in [0.2, 0.25) is 19.6 Å². The zero-order valence-electron chi connectivity index (χ0n) is 13.7. The molecule has 0 aliphatic heterocycles. The fraction of sp³-hybridized carbons (Fsp3) is 0.500. The van der Waals surface area contributed by atoms with E-state index in [1.165, 1.54) is 0 Å². The largest absolute Gasteiger partial charge is 0.416 e. The minimum Gasteiger partial charge on any atom is -0.392 e. The third-order valence-electron chi connectivity index (χ3n) is 4.12. The van der Waals surface area contributed by atoms with E-state index in [4.69, 9.17) is 4.74 Å². The molecule has 1 aromatic carbocycles. The van der Waals surface area contributed by atoms with Crippen molar-refractivity contribution < 1.29 is 23.0 Å². The molecule has 7 heteroatoms. The lowest BCUT2D eigenvalue weighted by Gasteiger charge is -2.25. The Labute approximate surface area is 134 Å². The topological polar surface area (TPSA) is 34.4 Å². The van der Waals surface area contributed by atoms with Crippen molar-refractivity contribution in [1.29, 1.82) is 0 Å². The Morgan fingerprint density at radius 2 is 1.91 bits per heavy atom. The Kier molecular flexibility index (Phi) is 4.94. The minimum absolute atomic E-state index is 0.118. The number of aliphatic hydroxyl groups excluding tert-OH is 1. The predicted octanol–water partition coefficient (Wildman–Crippen LogP) is 4.39. The van der Waals surface area contributed by atoms with E-state index in [2.05, 4.69) is 19.6 Å². The van der Waals surface area contributed by atoms with Gasteiger partial charge in [-0.3, -0.25) is 0 Å². The van der Waals surface area contributed by atoms with Crippen LogP contribution in [0.1, 0.15) is 18.1 Å². The number of hydrogen-bond acceptors (Lipinski definition) is 2. The molecule has 3 nitrogen and oxygen atoms in total. The van der Waals surface area contributed by atoms with Crippen molar-refractivity contribution in [3.05, 3.63) is 35.5 Å². The first kappa shape index (κ1) is 18.0. The molecule has 0 aliphatic carbocycles. The monoisotopic (exact) mass is 345 g/mol. The zero-order chi connectivity index (χ0) is 17.4. The number of aliphatic hydroxyl groups is 1. The molecule has 1 atom stereocenters. The summed E-state index contributed by atoms with van der Waals surface area (Å²) in [6.07, 6.45) is -2.73. The number of fused-ring (bicyclic) bond motifs is 1. The van der Waals surface area contributed by atoms with E-state index in [9.17, 15) is 18.3 Å². The number of halogens is 3. The maximum Gasteiger partial charge on any atom is 0.416 e. The Balaban J connectivity index is 2.36. The molecule has 0 radical (unpaired) electrons. The van der Waals surface area contributed by atoms with Crippen molar-refractivity contribution in [2.45, 2.75) is 51.8 Å². The number of hydrogen-bond donors (Lipinski definition) is 1. The number of benzene rings is 1. The van der Waals surface area contributed by atoms with Crippen LogP contribution in [0.3, 0.4) is 0 Å². The van der Waals surface area contributed by atoms with Gasteiger partial charge >= 0.3 is 6.18 Å². The lowest BCUT2D eigenvalue weighted by Crippen LogP contribution is -2.38. The second kappa shape index (κ2) is 6.30. The summed E-state index contributed by atoms with van der Waals surface area (Å²) in [5.41, 5.74) is 0.211. The third-order valence-corrected chi connectivity index (χ3v) is 6.73. The van der Waals surface area contributed by atoms with E-state index >= 15 is 0 Å². The first-order chi connectivity index (χ1) is 10.5. The number of rotatable bonds is 5. The zero-order valence-corrected chi connectivity index (χ0v) is 14.7. The lowest BCUT2D eigenvalue weighted by molar-refractivity contribution is -0.137. The summed E-state index contributed by atoms with van der Waals surface area (Å²) < 4.78 is 46.4. The van der Waals surface area contributed by atoms with Crippen LogP contribution in [-0.2, 0) is 24.3 Å². The first-order valence-corrected chi connectivity index (χ1v) is 11.0. The smallest absolute Gasteiger partial charge is 0.392 e. The van der Waals surface area contributed by atoms with Gasteiger partial charge in [-0.1, -0.05) is 19.6 Å². The molecule has 0 fully saturated rings. The molecule has 128 valence electrons. The molecule has 0 saturated carbocycles. The van der Waals surface area contributed by atoms with E-state index in [0.29, 0.717) is 10.9 Å². The maximum atomic E-state index is 12.9. The fourth-order valence-corrected chi connectivity index (χ4v) is 2.85. The lowest BCUT2D eigenvalue weighted by atomic mass is 10.1. The summed E-state index contributed by atoms with van der Waals surface area (Å²) in [6, 6.07) is 3.72. The molecule has 2 rings (SSSR count). The Morgan fingerprint density at radius 3 is 2.43 bits per heavy atom. The van der Waals surface area contributed by atoms with Gasteiger partial charge in [-0.25, -0.2) is 0 Å². The first-order valence-electron chi connectivity index (χ1n) is 7.45. The van der Waals surface area contributed by atoms with Gasteiger partial charge in [-0.2, -0.15) is 13.2 Å². The van der Waals surface area contributed by atoms with Crippen LogP contribution in [0.15, 0.2) is 24.4 Å². The quantitative estimate of drug-likeness (QED) is 0.816. The summed E-state index contributed by atoms with van der Waals surface area (Å²) in [5, 5.41) is 9.91. The molecule has 0 bridgehead atoms. The molecular formula is C16H22F3NO2Si. The molecule has 1 unspecified atom stereocenters. The molecule has 1 aromatic heterocycles. The average Bonchev–Trinajstić information content (AvgIpc) is 2.84. The molecule has 0 spiro atoms. The Hall–Kier alpha value is -1.31. The summed E-state index contributed by atoms with van der Waals surface area (Å²) in [7, 11) is -1.45. The highest BCUT2D eigenvalue weighted by atomic mass is 28.3. The Morgan fingerprint density at radius 1 is 1.26 bits per heavy atom. The number of alkyl halides is 3. The standard InChI is InChI=1S/C16H22F3NO2Si/c1-11(23(2,3)4)22-10-20-6-5-12-7-14(16(17,18)19)8-13(9-21)15(12)20/h5-8,11,21H,9-10H2,1-4H3. The molecule has 1 N–H and O–H groups in total. The molecular weight excluding hydrogens is 323 g/mol. The van der Waals surface area contributed by atoms with Crippen molar-refractivity contribution in [1.82, 2.24) is 4.57 Å². The molecule has 0 aliphatic rings. The van der Waals surface area contributed by atoms with Crippen LogP contribution in [0.25, 0.3) is 10.9 Å². The molecule has 1 heterocycles. The van der Waals surface area contributed by atoms with E-state index in [0.717, 1.165) is 12.1 Å². The van der Waals surface area contributed by atoms with Gasteiger partial charge in [-0.15, -0.1) is 0 Å². The highest BCUT2D eigenvalue weighted by Gasteiger charge is 2.31. The molecule has 0 amide bonds. The summed E-state index contributed by atoms with van der Waals surface area (Å²) in [4.78, 5) is 0. The SMILES string of the molecule is CC(OCn1ccc2cc(C(F)(F)F)cc(CO)c21)[Si](C)(C)C. The second-order valence-electron chi connectivity index (χ2n) is 6.82. The van der Waals surface area contributed by atoms with E-state index in [1.54, 1.807) is 16.8 Å². The van der Waals surface area contributed by atoms with Crippen molar-refractivity contribution in [3.63, 3.8) is 0 Å². The third kappa shape index (κ3) is 3.96. The van der Waals surface area contributed by atoms with Gasteiger partial charge in [0.2, 0.25) is 0 Å². The van der Waals surface area contributed by atoms with Crippen LogP contribution >= 0.6 is 0 Å². The summed E-state index contributed by atoms with van der Waals surface area (Å²) in [6.45, 7) is 8.41. The molecule has 2 aromatic rings. The normalized spacial score (nSPS) is 14.4. The highest BCUT2D eigenvalue weighted by molar-refractivity contribution is 6.77. The van der Waals surface area contributed by atoms with Crippen LogP contribution < -0.4 is 0 Å². The van der Waals surface area contributed by atoms with Gasteiger partial charge in [0.25, 0.3) is 0 Å². The predicted molar refractivity (Wildman–Crippen MR) is 86.8 cm³/mol. The van der Waals surface area contributed by atoms with Crippen LogP contribution in [0.5, 0.6) is 0 Å². The molecule has 0 saturated heterocycles. The van der Waals surface area contributed by atoms with Gasteiger partial charge in [0.1, 0.15) is 6.73 Å². The Bertz CT molecular complexity index is 689. The number of aromatic nitrogens is 1. The van der Waals surface area contributed by atoms with Crippen molar-refractivity contribution in [3.8, 4) is 0 Å². The van der Waals surface area contributed by atoms with Crippen molar-refractivity contribution in [2.24, 2.45) is 0 Å². The van der Waals surface area contributed by atoms with Crippen molar-refractivity contribution in [2.75, 3.05) is 0 Å². The summed E-state index contributed by atoms with van der Waals surface area (Å²) >= 11 is 0. The second-order valence-corrected chi connectivity index (χ2v) is 12.4. The van der Waals surface area contributed by atoms with E-state index < -0.39 is 26.4 Å². The minimum atomic E-state index is -4.43. The van der Waals surface area contributed by atoms with E-state index in [-0.39, 0.29) is 18.0 Å². The number of ether oxygens (including phenoxy) is 1. The highest BCUT2D eigenvalue weighted by Crippen LogP contribution is 2.34. The van der Waals surface area contributed by atoms with Gasteiger partial charge in [0.15, 0.2) is 0 Å². The summed E-state index contributed by atoms with van der Waals surface area (Å²) in [5.74, 6) is 0. The van der Waals surface area contributed by atoms with Crippen molar-refractivity contribution >= 4 is 19.0 Å². The maximum absolute atomic E-state index is 12.9. The van der Waals surface area contributed by atoms with Gasteiger partial charge < -0.3 is 14.4 Å². The molecule has 23 heavy (non-hydrogen) atoms. The van der Waals surface area contributed by atoms with Crippen LogP contribution in [-0.4, -0.2) is 23.5 Å². The van der Waals surface area contributed by atoms with E-state index in [1.807, 2.05) is 6.92 Å². The number of nitrogens with zero attached hydrogens (tertiary/aromatic N) is 1. The average molecular weight is 345 g/mol. The van der Waals surface area contributed by atoms with Crippen LogP contribution in [0.4, 0.5) is 13.2 Å². The van der Waals surface area contributed by atoms with Gasteiger partial charge in [0, 0.05) is 22.9 Å². The van der Waals surface area contributed by atoms with Gasteiger partial charge in [0.05, 0.1) is 25.8 Å². The van der Waals surface area contributed by atoms with Gasteiger partial charge in [-0.05, 0) is 25.1 Å².